The van der Waals surface area contributed by atoms with E-state index in [1.165, 1.54) is 16.7 Å². The number of benzene rings is 3. The average molecular weight is 317 g/mol. The summed E-state index contributed by atoms with van der Waals surface area (Å²) in [5.74, 6) is 0.886. The van der Waals surface area contributed by atoms with E-state index in [-0.39, 0.29) is 12.1 Å². The minimum Gasteiger partial charge on any atom is -0.497 e. The van der Waals surface area contributed by atoms with E-state index in [2.05, 4.69) is 85.0 Å². The van der Waals surface area contributed by atoms with Gasteiger partial charge >= 0.3 is 0 Å². The van der Waals surface area contributed by atoms with Crippen LogP contribution in [0.2, 0.25) is 0 Å². The molecule has 0 spiro atoms. The Morgan fingerprint density at radius 3 is 1.79 bits per heavy atom. The Balaban J connectivity index is 1.89. The normalized spacial score (nSPS) is 12.1. The molecule has 1 unspecified atom stereocenters. The number of ether oxygens (including phenoxy) is 1. The highest BCUT2D eigenvalue weighted by molar-refractivity contribution is 5.34. The fraction of sp³-hybridized carbons (Fsp3) is 0.182. The molecule has 3 aromatic carbocycles. The van der Waals surface area contributed by atoms with Crippen molar-refractivity contribution < 1.29 is 4.74 Å². The van der Waals surface area contributed by atoms with Gasteiger partial charge in [0, 0.05) is 6.04 Å². The molecule has 122 valence electrons. The minimum absolute atomic E-state index is 0.147. The smallest absolute Gasteiger partial charge is 0.119 e. The van der Waals surface area contributed by atoms with Gasteiger partial charge in [-0.2, -0.15) is 0 Å². The SMILES string of the molecule is COc1cccc(C(C)NC(c2ccccc2)c2ccccc2)c1. The van der Waals surface area contributed by atoms with Crippen molar-refractivity contribution in [2.75, 3.05) is 7.11 Å². The van der Waals surface area contributed by atoms with E-state index < -0.39 is 0 Å². The summed E-state index contributed by atoms with van der Waals surface area (Å²) in [5, 5.41) is 3.76. The molecular weight excluding hydrogens is 294 g/mol. The molecule has 0 saturated carbocycles. The van der Waals surface area contributed by atoms with Gasteiger partial charge in [0.15, 0.2) is 0 Å². The summed E-state index contributed by atoms with van der Waals surface area (Å²) < 4.78 is 5.35. The summed E-state index contributed by atoms with van der Waals surface area (Å²) in [6.45, 7) is 2.19. The van der Waals surface area contributed by atoms with Gasteiger partial charge in [0.05, 0.1) is 13.2 Å². The third kappa shape index (κ3) is 3.84. The van der Waals surface area contributed by atoms with Crippen molar-refractivity contribution in [2.24, 2.45) is 0 Å². The van der Waals surface area contributed by atoms with Gasteiger partial charge in [-0.3, -0.25) is 5.32 Å². The van der Waals surface area contributed by atoms with Crippen molar-refractivity contribution in [3.63, 3.8) is 0 Å². The van der Waals surface area contributed by atoms with E-state index in [1.54, 1.807) is 7.11 Å². The van der Waals surface area contributed by atoms with Gasteiger partial charge < -0.3 is 4.74 Å². The van der Waals surface area contributed by atoms with Crippen LogP contribution in [0.25, 0.3) is 0 Å². The first kappa shape index (κ1) is 16.3. The Hall–Kier alpha value is -2.58. The van der Waals surface area contributed by atoms with Crippen molar-refractivity contribution in [2.45, 2.75) is 19.0 Å². The lowest BCUT2D eigenvalue weighted by Gasteiger charge is -2.25. The monoisotopic (exact) mass is 317 g/mol. The van der Waals surface area contributed by atoms with Gasteiger partial charge in [-0.1, -0.05) is 72.8 Å². The van der Waals surface area contributed by atoms with Crippen LogP contribution in [0, 0.1) is 0 Å². The fourth-order valence-electron chi connectivity index (χ4n) is 2.93. The maximum absolute atomic E-state index is 5.35. The molecule has 2 heteroatoms. The Labute approximate surface area is 144 Å². The Kier molecular flexibility index (Phi) is 5.29. The van der Waals surface area contributed by atoms with Crippen molar-refractivity contribution in [1.29, 1.82) is 0 Å². The van der Waals surface area contributed by atoms with Crippen molar-refractivity contribution in [3.8, 4) is 5.75 Å². The van der Waals surface area contributed by atoms with Crippen LogP contribution < -0.4 is 10.1 Å². The predicted octanol–water partition coefficient (Wildman–Crippen LogP) is 5.14. The number of rotatable bonds is 6. The quantitative estimate of drug-likeness (QED) is 0.680. The molecular formula is C22H23NO. The van der Waals surface area contributed by atoms with Gasteiger partial charge in [0.2, 0.25) is 0 Å². The molecule has 0 bridgehead atoms. The van der Waals surface area contributed by atoms with Crippen LogP contribution in [0.4, 0.5) is 0 Å². The zero-order chi connectivity index (χ0) is 16.8. The highest BCUT2D eigenvalue weighted by Gasteiger charge is 2.17. The summed E-state index contributed by atoms with van der Waals surface area (Å²) in [6, 6.07) is 29.7. The molecule has 0 saturated heterocycles. The Bertz CT molecular complexity index is 716. The van der Waals surface area contributed by atoms with E-state index in [4.69, 9.17) is 4.74 Å². The van der Waals surface area contributed by atoms with Crippen LogP contribution in [0.3, 0.4) is 0 Å². The first-order chi connectivity index (χ1) is 11.8. The number of hydrogen-bond donors (Lipinski definition) is 1. The molecule has 0 aliphatic heterocycles. The van der Waals surface area contributed by atoms with Gasteiger partial charge in [0.1, 0.15) is 5.75 Å². The van der Waals surface area contributed by atoms with Gasteiger partial charge in [-0.05, 0) is 35.7 Å². The van der Waals surface area contributed by atoms with Crippen LogP contribution in [-0.4, -0.2) is 7.11 Å². The van der Waals surface area contributed by atoms with Crippen LogP contribution in [0.15, 0.2) is 84.9 Å². The molecule has 0 aromatic heterocycles. The summed E-state index contributed by atoms with van der Waals surface area (Å²) in [5.41, 5.74) is 3.74. The van der Waals surface area contributed by atoms with E-state index in [1.807, 2.05) is 12.1 Å². The van der Waals surface area contributed by atoms with Crippen molar-refractivity contribution in [1.82, 2.24) is 5.32 Å². The molecule has 0 heterocycles. The van der Waals surface area contributed by atoms with Gasteiger partial charge in [-0.15, -0.1) is 0 Å². The predicted molar refractivity (Wildman–Crippen MR) is 99.3 cm³/mol. The zero-order valence-corrected chi connectivity index (χ0v) is 14.1. The maximum Gasteiger partial charge on any atom is 0.119 e. The topological polar surface area (TPSA) is 21.3 Å². The third-order valence-corrected chi connectivity index (χ3v) is 4.28. The van der Waals surface area contributed by atoms with E-state index >= 15 is 0 Å². The zero-order valence-electron chi connectivity index (χ0n) is 14.1. The van der Waals surface area contributed by atoms with E-state index in [0.29, 0.717) is 0 Å². The summed E-state index contributed by atoms with van der Waals surface area (Å²) in [7, 11) is 1.70. The summed E-state index contributed by atoms with van der Waals surface area (Å²) >= 11 is 0. The summed E-state index contributed by atoms with van der Waals surface area (Å²) in [4.78, 5) is 0. The molecule has 24 heavy (non-hydrogen) atoms. The number of methoxy groups -OCH3 is 1. The molecule has 0 radical (unpaired) electrons. The third-order valence-electron chi connectivity index (χ3n) is 4.28. The van der Waals surface area contributed by atoms with Crippen LogP contribution in [0.1, 0.15) is 35.7 Å². The second-order valence-electron chi connectivity index (χ2n) is 5.92. The van der Waals surface area contributed by atoms with E-state index in [0.717, 1.165) is 5.75 Å². The molecule has 2 nitrogen and oxygen atoms in total. The van der Waals surface area contributed by atoms with E-state index in [9.17, 15) is 0 Å². The summed E-state index contributed by atoms with van der Waals surface area (Å²) in [6.07, 6.45) is 0. The Morgan fingerprint density at radius 2 is 1.25 bits per heavy atom. The lowest BCUT2D eigenvalue weighted by Crippen LogP contribution is -2.25. The largest absolute Gasteiger partial charge is 0.497 e. The standard InChI is InChI=1S/C22H23NO/c1-17(20-14-9-15-21(16-20)24-2)23-22(18-10-5-3-6-11-18)19-12-7-4-8-13-19/h3-17,22-23H,1-2H3. The van der Waals surface area contributed by atoms with Gasteiger partial charge in [0.25, 0.3) is 0 Å². The molecule has 1 atom stereocenters. The van der Waals surface area contributed by atoms with Crippen LogP contribution in [0.5, 0.6) is 5.75 Å². The van der Waals surface area contributed by atoms with Crippen LogP contribution in [-0.2, 0) is 0 Å². The average Bonchev–Trinajstić information content (AvgIpc) is 2.67. The molecule has 0 aliphatic rings. The van der Waals surface area contributed by atoms with Crippen molar-refractivity contribution in [3.05, 3.63) is 102 Å². The molecule has 3 aromatic rings. The number of hydrogen-bond acceptors (Lipinski definition) is 2. The molecule has 0 amide bonds. The first-order valence-corrected chi connectivity index (χ1v) is 8.28. The minimum atomic E-state index is 0.147. The van der Waals surface area contributed by atoms with Crippen LogP contribution >= 0.6 is 0 Å². The second-order valence-corrected chi connectivity index (χ2v) is 5.92. The Morgan fingerprint density at radius 1 is 0.708 bits per heavy atom. The molecule has 0 aliphatic carbocycles. The first-order valence-electron chi connectivity index (χ1n) is 8.28. The maximum atomic E-state index is 5.35. The molecule has 1 N–H and O–H groups in total. The highest BCUT2D eigenvalue weighted by atomic mass is 16.5. The molecule has 3 rings (SSSR count). The van der Waals surface area contributed by atoms with Gasteiger partial charge in [-0.25, -0.2) is 0 Å². The second kappa shape index (κ2) is 7.80. The highest BCUT2D eigenvalue weighted by Crippen LogP contribution is 2.27. The van der Waals surface area contributed by atoms with Crippen molar-refractivity contribution >= 4 is 0 Å². The lowest BCUT2D eigenvalue weighted by molar-refractivity contribution is 0.413. The molecule has 0 fully saturated rings. The number of nitrogens with one attached hydrogen (secondary N) is 1. The lowest BCUT2D eigenvalue weighted by atomic mass is 9.96. The fourth-order valence-corrected chi connectivity index (χ4v) is 2.93.